The van der Waals surface area contributed by atoms with Crippen LogP contribution in [0.1, 0.15) is 21.6 Å². The number of ether oxygens (including phenoxy) is 2. The van der Waals surface area contributed by atoms with Gasteiger partial charge in [-0.15, -0.1) is 0 Å². The summed E-state index contributed by atoms with van der Waals surface area (Å²) in [6, 6.07) is 26.8. The van der Waals surface area contributed by atoms with E-state index >= 15 is 0 Å². The first-order valence-electron chi connectivity index (χ1n) is 13.3. The van der Waals surface area contributed by atoms with Crippen molar-refractivity contribution in [3.8, 4) is 22.6 Å². The number of fused-ring (bicyclic) bond motifs is 1. The molecule has 0 atom stereocenters. The van der Waals surface area contributed by atoms with E-state index < -0.39 is 10.0 Å². The van der Waals surface area contributed by atoms with Gasteiger partial charge in [0.05, 0.1) is 24.6 Å². The molecule has 5 aromatic rings. The number of carbonyl (C=O) groups is 1. The molecule has 0 radical (unpaired) electrons. The van der Waals surface area contributed by atoms with Crippen molar-refractivity contribution in [1.82, 2.24) is 18.8 Å². The Bertz CT molecular complexity index is 1770. The first kappa shape index (κ1) is 28.8. The largest absolute Gasteiger partial charge is 0.497 e. The molecule has 3 aromatic carbocycles. The molecule has 9 nitrogen and oxygen atoms in total. The van der Waals surface area contributed by atoms with Crippen LogP contribution in [0.15, 0.2) is 102 Å². The Hall–Kier alpha value is -4.67. The summed E-state index contributed by atoms with van der Waals surface area (Å²) in [5.74, 6) is 1.04. The molecule has 0 aliphatic heterocycles. The third-order valence-corrected chi connectivity index (χ3v) is 8.81. The fourth-order valence-corrected chi connectivity index (χ4v) is 6.37. The molecule has 0 aliphatic rings. The van der Waals surface area contributed by atoms with E-state index in [0.29, 0.717) is 28.1 Å². The van der Waals surface area contributed by atoms with Crippen molar-refractivity contribution in [3.63, 3.8) is 0 Å². The van der Waals surface area contributed by atoms with Crippen molar-refractivity contribution in [2.45, 2.75) is 18.0 Å². The van der Waals surface area contributed by atoms with Crippen molar-refractivity contribution in [1.29, 1.82) is 0 Å². The predicted molar refractivity (Wildman–Crippen MR) is 161 cm³/mol. The number of carbonyl (C=O) groups excluding carboxylic acids is 1. The highest BCUT2D eigenvalue weighted by atomic mass is 32.2. The van der Waals surface area contributed by atoms with E-state index in [0.717, 1.165) is 11.1 Å². The molecule has 2 aromatic heterocycles. The lowest BCUT2D eigenvalue weighted by atomic mass is 10.0. The lowest BCUT2D eigenvalue weighted by Crippen LogP contribution is -2.31. The minimum atomic E-state index is -4.11. The Balaban J connectivity index is 1.65. The Morgan fingerprint density at radius 1 is 0.786 bits per heavy atom. The summed E-state index contributed by atoms with van der Waals surface area (Å²) >= 11 is 0. The van der Waals surface area contributed by atoms with Crippen molar-refractivity contribution < 1.29 is 22.7 Å². The van der Waals surface area contributed by atoms with Gasteiger partial charge in [0.25, 0.3) is 5.91 Å². The second-order valence-electron chi connectivity index (χ2n) is 9.92. The fourth-order valence-electron chi connectivity index (χ4n) is 4.76. The number of methoxy groups -OCH3 is 2. The van der Waals surface area contributed by atoms with Crippen LogP contribution in [0.2, 0.25) is 0 Å². The zero-order valence-electron chi connectivity index (χ0n) is 23.9. The zero-order chi connectivity index (χ0) is 29.9. The van der Waals surface area contributed by atoms with E-state index in [9.17, 15) is 13.2 Å². The van der Waals surface area contributed by atoms with Crippen molar-refractivity contribution in [3.05, 3.63) is 114 Å². The quantitative estimate of drug-likeness (QED) is 0.227. The Kier molecular flexibility index (Phi) is 8.28. The monoisotopic (exact) mass is 584 g/mol. The van der Waals surface area contributed by atoms with Crippen LogP contribution in [-0.2, 0) is 23.1 Å². The molecule has 216 valence electrons. The van der Waals surface area contributed by atoms with Gasteiger partial charge in [-0.05, 0) is 53.6 Å². The molecule has 42 heavy (non-hydrogen) atoms. The number of nitrogens with zero attached hydrogens (tertiary/aromatic N) is 4. The standard InChI is InChI=1S/C32H32N4O5S/c1-34(2)32(37)31-30(28-10-7-8-20-36(28)33-31)27-9-5-6-11-29(27)42(38,39)35(21-23-12-16-25(40-3)17-13-23)22-24-14-18-26(41-4)19-15-24/h5-20H,21-22H2,1-4H3. The summed E-state index contributed by atoms with van der Waals surface area (Å²) in [6.07, 6.45) is 1.74. The molecule has 0 saturated heterocycles. The number of aromatic nitrogens is 2. The van der Waals surface area contributed by atoms with Gasteiger partial charge in [-0.3, -0.25) is 4.79 Å². The molecular formula is C32H32N4O5S. The van der Waals surface area contributed by atoms with Gasteiger partial charge in [0.15, 0.2) is 5.69 Å². The molecule has 0 bridgehead atoms. The second-order valence-corrected chi connectivity index (χ2v) is 11.8. The van der Waals surface area contributed by atoms with Gasteiger partial charge >= 0.3 is 0 Å². The predicted octanol–water partition coefficient (Wildman–Crippen LogP) is 5.11. The number of amides is 1. The number of sulfonamides is 1. The van der Waals surface area contributed by atoms with Gasteiger partial charge in [0.2, 0.25) is 10.0 Å². The second kappa shape index (κ2) is 12.1. The van der Waals surface area contributed by atoms with Gasteiger partial charge in [0, 0.05) is 44.5 Å². The molecule has 0 unspecified atom stereocenters. The number of benzene rings is 3. The molecule has 0 N–H and O–H groups in total. The minimum Gasteiger partial charge on any atom is -0.497 e. The molecule has 10 heteroatoms. The highest BCUT2D eigenvalue weighted by Gasteiger charge is 2.31. The van der Waals surface area contributed by atoms with Gasteiger partial charge in [-0.2, -0.15) is 9.40 Å². The van der Waals surface area contributed by atoms with Crippen LogP contribution in [0.25, 0.3) is 16.6 Å². The highest BCUT2D eigenvalue weighted by molar-refractivity contribution is 7.89. The molecule has 2 heterocycles. The van der Waals surface area contributed by atoms with Crippen LogP contribution < -0.4 is 9.47 Å². The van der Waals surface area contributed by atoms with Crippen LogP contribution in [0.4, 0.5) is 0 Å². The van der Waals surface area contributed by atoms with E-state index in [2.05, 4.69) is 5.10 Å². The summed E-state index contributed by atoms with van der Waals surface area (Å²) in [5.41, 5.74) is 3.25. The molecule has 1 amide bonds. The topological polar surface area (TPSA) is 93.4 Å². The maximum absolute atomic E-state index is 14.6. The molecule has 0 fully saturated rings. The van der Waals surface area contributed by atoms with E-state index in [-0.39, 0.29) is 29.6 Å². The summed E-state index contributed by atoms with van der Waals surface area (Å²) in [6.45, 7) is 0.232. The third kappa shape index (κ3) is 5.72. The molecule has 0 spiro atoms. The van der Waals surface area contributed by atoms with E-state index in [1.165, 1.54) is 9.21 Å². The lowest BCUT2D eigenvalue weighted by molar-refractivity contribution is 0.0822. The molecular weight excluding hydrogens is 552 g/mol. The molecule has 0 saturated carbocycles. The number of rotatable bonds is 10. The molecule has 0 aliphatic carbocycles. The summed E-state index contributed by atoms with van der Waals surface area (Å²) in [5, 5.41) is 4.54. The molecule has 5 rings (SSSR count). The van der Waals surface area contributed by atoms with E-state index in [4.69, 9.17) is 9.47 Å². The van der Waals surface area contributed by atoms with Gasteiger partial charge in [0.1, 0.15) is 11.5 Å². The number of pyridine rings is 1. The number of hydrogen-bond acceptors (Lipinski definition) is 6. The summed E-state index contributed by atoms with van der Waals surface area (Å²) in [7, 11) is 2.35. The van der Waals surface area contributed by atoms with E-state index in [1.807, 2.05) is 42.5 Å². The number of hydrogen-bond donors (Lipinski definition) is 0. The maximum Gasteiger partial charge on any atom is 0.274 e. The summed E-state index contributed by atoms with van der Waals surface area (Å²) < 4.78 is 42.8. The van der Waals surface area contributed by atoms with Crippen LogP contribution in [0.5, 0.6) is 11.5 Å². The van der Waals surface area contributed by atoms with Gasteiger partial charge in [-0.1, -0.05) is 48.5 Å². The van der Waals surface area contributed by atoms with Crippen LogP contribution in [-0.4, -0.2) is 61.5 Å². The first-order valence-corrected chi connectivity index (χ1v) is 14.7. The smallest absolute Gasteiger partial charge is 0.274 e. The maximum atomic E-state index is 14.6. The minimum absolute atomic E-state index is 0.0820. The highest BCUT2D eigenvalue weighted by Crippen LogP contribution is 2.36. The van der Waals surface area contributed by atoms with Gasteiger partial charge < -0.3 is 14.4 Å². The van der Waals surface area contributed by atoms with Crippen molar-refractivity contribution >= 4 is 21.4 Å². The van der Waals surface area contributed by atoms with Gasteiger partial charge in [-0.25, -0.2) is 12.9 Å². The Morgan fingerprint density at radius 2 is 1.33 bits per heavy atom. The Labute approximate surface area is 245 Å². The first-order chi connectivity index (χ1) is 20.2. The van der Waals surface area contributed by atoms with Crippen LogP contribution in [0, 0.1) is 0 Å². The average molecular weight is 585 g/mol. The van der Waals surface area contributed by atoms with Crippen LogP contribution >= 0.6 is 0 Å². The lowest BCUT2D eigenvalue weighted by Gasteiger charge is -2.24. The SMILES string of the molecule is COc1ccc(CN(Cc2ccc(OC)cc2)S(=O)(=O)c2ccccc2-c2c(C(=O)N(C)C)nn3ccccc23)cc1. The van der Waals surface area contributed by atoms with Crippen molar-refractivity contribution in [2.24, 2.45) is 0 Å². The van der Waals surface area contributed by atoms with Crippen molar-refractivity contribution in [2.75, 3.05) is 28.3 Å². The fraction of sp³-hybridized carbons (Fsp3) is 0.188. The summed E-state index contributed by atoms with van der Waals surface area (Å²) in [4.78, 5) is 14.8. The van der Waals surface area contributed by atoms with Crippen LogP contribution in [0.3, 0.4) is 0 Å². The zero-order valence-corrected chi connectivity index (χ0v) is 24.7. The van der Waals surface area contributed by atoms with E-state index in [1.54, 1.807) is 87.6 Å². The normalized spacial score (nSPS) is 11.5. The Morgan fingerprint density at radius 3 is 1.88 bits per heavy atom. The average Bonchev–Trinajstić information content (AvgIpc) is 3.40. The third-order valence-electron chi connectivity index (χ3n) is 6.96.